The topological polar surface area (TPSA) is 162 Å². The third-order valence-electron chi connectivity index (χ3n) is 27.3. The van der Waals surface area contributed by atoms with Gasteiger partial charge in [0, 0.05) is 136 Å². The minimum atomic E-state index is 0.689. The number of para-hydroxylation sites is 2. The second-order valence-electron chi connectivity index (χ2n) is 35.8. The normalized spacial score (nSPS) is 13.3. The molecule has 4 aliphatic carbocycles. The summed E-state index contributed by atoms with van der Waals surface area (Å²) in [6.45, 7) is 0. The van der Waals surface area contributed by atoms with E-state index in [0.717, 1.165) is 198 Å². The zero-order chi connectivity index (χ0) is 90.2. The Morgan fingerprint density at radius 2 is 0.485 bits per heavy atom. The molecule has 0 fully saturated rings. The summed E-state index contributed by atoms with van der Waals surface area (Å²) in [6, 6.07) is 124. The standard InChI is InChI=1S/C56H44N6.C33H26N4.C32H25N5/c1-5-17-37(18-6-1)50-34-51(60-54(59-50)38-19-7-2-8-20-38)41-30-39(42-32-48-46-25-13-15-27-52(46)61(55(48)57-35-42)44-21-9-3-10-22-44)29-40(31-41)43-33-49-47-26-14-16-28-53(47)62(56(49)58-36-43)45-23-11-4-12-24-45;1-3-11-23(12-4-1)29-21-25(22-30(35-29)24-13-5-2-6-14-24)28-17-9-19-32(36-28)37-31-18-8-7-15-26(31)27-16-10-20-34-33(27)37;1-3-11-22(12-4-1)27-21-28(36-31(35-27)23-13-5-2-6-14-23)26-17-9-19-30(34-26)37-29-18-8-7-15-24(29)25-16-10-20-33-32(25)37/h1-12,17-24,29-36H,13-16,25-28H2;1-6,9-14,16-17,19-22H,7-8,15,18H2;1-6,9-14,16-17,19-21H,7-8,15,18H2. The average Bonchev–Trinajstić information content (AvgIpc) is 1.58. The first-order chi connectivity index (χ1) is 67.4. The molecule has 0 saturated carbocycles. The quantitative estimate of drug-likeness (QED) is 0.0960. The second-order valence-corrected chi connectivity index (χ2v) is 35.8. The van der Waals surface area contributed by atoms with Crippen LogP contribution in [0.2, 0.25) is 0 Å². The number of rotatable bonds is 15. The maximum atomic E-state index is 5.31. The Kier molecular flexibility index (Phi) is 22.1. The van der Waals surface area contributed by atoms with Gasteiger partial charge >= 0.3 is 0 Å². The van der Waals surface area contributed by atoms with Gasteiger partial charge in [-0.1, -0.05) is 231 Å². The molecule has 22 aromatic rings. The first kappa shape index (κ1) is 82.5. The molecule has 4 aliphatic rings. The van der Waals surface area contributed by atoms with Crippen molar-refractivity contribution in [3.8, 4) is 147 Å². The van der Waals surface area contributed by atoms with Crippen LogP contribution >= 0.6 is 0 Å². The Labute approximate surface area is 789 Å². The molecule has 13 heterocycles. The first-order valence-electron chi connectivity index (χ1n) is 47.8. The minimum absolute atomic E-state index is 0.689. The number of aromatic nitrogens is 15. The summed E-state index contributed by atoms with van der Waals surface area (Å²) in [5, 5.41) is 4.98. The average molecular weight is 1760 g/mol. The van der Waals surface area contributed by atoms with Gasteiger partial charge in [-0.25, -0.2) is 54.8 Å². The molecule has 15 heteroatoms. The molecule has 0 spiro atoms. The number of nitrogens with zero attached hydrogens (tertiary/aromatic N) is 15. The van der Waals surface area contributed by atoms with E-state index >= 15 is 0 Å². The summed E-state index contributed by atoms with van der Waals surface area (Å²) < 4.78 is 9.33. The van der Waals surface area contributed by atoms with Crippen molar-refractivity contribution in [1.82, 2.24) is 73.1 Å². The van der Waals surface area contributed by atoms with Gasteiger partial charge in [0.2, 0.25) is 0 Å². The summed E-state index contributed by atoms with van der Waals surface area (Å²) in [7, 11) is 0. The molecule has 0 amide bonds. The molecule has 0 saturated heterocycles. The van der Waals surface area contributed by atoms with Gasteiger partial charge in [-0.2, -0.15) is 0 Å². The lowest BCUT2D eigenvalue weighted by Crippen LogP contribution is -2.09. The largest absolute Gasteiger partial charge is 0.298 e. The van der Waals surface area contributed by atoms with E-state index in [-0.39, 0.29) is 0 Å². The molecule has 0 unspecified atom stereocenters. The molecule has 0 atom stereocenters. The summed E-state index contributed by atoms with van der Waals surface area (Å²) >= 11 is 0. The highest BCUT2D eigenvalue weighted by atomic mass is 15.1. The van der Waals surface area contributed by atoms with E-state index in [0.29, 0.717) is 11.6 Å². The zero-order valence-corrected chi connectivity index (χ0v) is 75.4. The van der Waals surface area contributed by atoms with Crippen LogP contribution in [-0.2, 0) is 51.4 Å². The Morgan fingerprint density at radius 1 is 0.176 bits per heavy atom. The van der Waals surface area contributed by atoms with Crippen LogP contribution in [0.1, 0.15) is 96.4 Å². The molecular formula is C121H95N15. The van der Waals surface area contributed by atoms with Gasteiger partial charge < -0.3 is 0 Å². The molecule has 13 aromatic heterocycles. The van der Waals surface area contributed by atoms with Crippen LogP contribution in [0.4, 0.5) is 0 Å². The number of fused-ring (bicyclic) bond motifs is 12. The van der Waals surface area contributed by atoms with Crippen LogP contribution in [0.5, 0.6) is 0 Å². The maximum absolute atomic E-state index is 5.31. The van der Waals surface area contributed by atoms with Gasteiger partial charge in [0.15, 0.2) is 11.6 Å². The van der Waals surface area contributed by atoms with E-state index in [2.05, 4.69) is 279 Å². The van der Waals surface area contributed by atoms with Crippen molar-refractivity contribution in [2.45, 2.75) is 103 Å². The van der Waals surface area contributed by atoms with Gasteiger partial charge in [-0.3, -0.25) is 18.3 Å². The molecule has 26 rings (SSSR count). The van der Waals surface area contributed by atoms with Gasteiger partial charge in [0.1, 0.15) is 34.2 Å². The van der Waals surface area contributed by atoms with Crippen molar-refractivity contribution in [3.05, 3.63) is 428 Å². The number of hydrogen-bond donors (Lipinski definition) is 0. The Balaban J connectivity index is 0.000000118. The number of pyridine rings is 7. The molecule has 9 aromatic carbocycles. The Bertz CT molecular complexity index is 7610. The first-order valence-corrected chi connectivity index (χ1v) is 47.8. The fourth-order valence-electron chi connectivity index (χ4n) is 20.9. The summed E-state index contributed by atoms with van der Waals surface area (Å²) in [6.07, 6.45) is 26.1. The van der Waals surface area contributed by atoms with Crippen LogP contribution in [0.3, 0.4) is 0 Å². The van der Waals surface area contributed by atoms with Crippen LogP contribution < -0.4 is 0 Å². The van der Waals surface area contributed by atoms with E-state index in [9.17, 15) is 0 Å². The molecule has 0 bridgehead atoms. The molecule has 15 nitrogen and oxygen atoms in total. The Hall–Kier alpha value is -16.7. The number of benzene rings is 9. The molecule has 654 valence electrons. The lowest BCUT2D eigenvalue weighted by Gasteiger charge is -2.16. The second kappa shape index (κ2) is 36.5. The fraction of sp³-hybridized carbons (Fsp3) is 0.132. The lowest BCUT2D eigenvalue weighted by atomic mass is 9.92. The van der Waals surface area contributed by atoms with Crippen LogP contribution in [0, 0.1) is 0 Å². The monoisotopic (exact) mass is 1760 g/mol. The molecule has 0 aliphatic heterocycles. The van der Waals surface area contributed by atoms with Crippen LogP contribution in [0.15, 0.2) is 383 Å². The highest BCUT2D eigenvalue weighted by molar-refractivity contribution is 5.94. The summed E-state index contributed by atoms with van der Waals surface area (Å²) in [4.78, 5) is 55.9. The predicted octanol–water partition coefficient (Wildman–Crippen LogP) is 28.0. The van der Waals surface area contributed by atoms with E-state index in [1.165, 1.54) is 129 Å². The van der Waals surface area contributed by atoms with Crippen LogP contribution in [0.25, 0.3) is 191 Å². The summed E-state index contributed by atoms with van der Waals surface area (Å²) in [5.41, 5.74) is 37.3. The molecule has 0 radical (unpaired) electrons. The number of hydrogen-bond acceptors (Lipinski definition) is 11. The smallest absolute Gasteiger partial charge is 0.160 e. The SMILES string of the molecule is c1ccc(-c2cc(-c3cc(-c4cnc5c(c4)c4c(n5-c5ccccc5)CCCC4)cc(-c4cnc5c(c4)c4c(n5-c5ccccc5)CCCC4)c3)nc(-c3ccccc3)n2)cc1.c1ccc(-c2cc(-c3cccc(-n4c5c(c6cccnc64)CCCC5)n3)cc(-c3ccccc3)n2)cc1.c1ccc(-c2cc(-c3cccc(-n4c5c(c6cccnc64)CCCC5)n3)nc(-c3ccccc3)n2)cc1. The highest BCUT2D eigenvalue weighted by Gasteiger charge is 2.29. The molecular weight excluding hydrogens is 1660 g/mol. The zero-order valence-electron chi connectivity index (χ0n) is 75.4. The predicted molar refractivity (Wildman–Crippen MR) is 549 cm³/mol. The lowest BCUT2D eigenvalue weighted by molar-refractivity contribution is 0.664. The van der Waals surface area contributed by atoms with Gasteiger partial charge in [0.05, 0.1) is 45.6 Å². The maximum Gasteiger partial charge on any atom is 0.160 e. The minimum Gasteiger partial charge on any atom is -0.298 e. The molecule has 136 heavy (non-hydrogen) atoms. The fourth-order valence-corrected chi connectivity index (χ4v) is 20.9. The van der Waals surface area contributed by atoms with Gasteiger partial charge in [-0.15, -0.1) is 0 Å². The summed E-state index contributed by atoms with van der Waals surface area (Å²) in [5.74, 6) is 3.19. The van der Waals surface area contributed by atoms with Crippen molar-refractivity contribution < 1.29 is 0 Å². The van der Waals surface area contributed by atoms with Crippen molar-refractivity contribution in [3.63, 3.8) is 0 Å². The van der Waals surface area contributed by atoms with Gasteiger partial charge in [0.25, 0.3) is 0 Å². The van der Waals surface area contributed by atoms with Crippen molar-refractivity contribution in [1.29, 1.82) is 0 Å². The van der Waals surface area contributed by atoms with Crippen molar-refractivity contribution >= 4 is 44.1 Å². The third kappa shape index (κ3) is 16.0. The van der Waals surface area contributed by atoms with Crippen molar-refractivity contribution in [2.24, 2.45) is 0 Å². The van der Waals surface area contributed by atoms with E-state index in [1.807, 2.05) is 122 Å². The number of aryl methyl sites for hydroxylation is 4. The Morgan fingerprint density at radius 3 is 0.897 bits per heavy atom. The van der Waals surface area contributed by atoms with E-state index < -0.39 is 0 Å². The van der Waals surface area contributed by atoms with E-state index in [4.69, 9.17) is 54.8 Å². The van der Waals surface area contributed by atoms with Crippen LogP contribution in [-0.4, -0.2) is 73.1 Å². The third-order valence-corrected chi connectivity index (χ3v) is 27.3. The highest BCUT2D eigenvalue weighted by Crippen LogP contribution is 2.44. The molecule has 0 N–H and O–H groups in total. The van der Waals surface area contributed by atoms with E-state index in [1.54, 1.807) is 0 Å². The van der Waals surface area contributed by atoms with Gasteiger partial charge in [-0.05, 0) is 264 Å². The van der Waals surface area contributed by atoms with Crippen molar-refractivity contribution in [2.75, 3.05) is 0 Å².